The first-order valence-electron chi connectivity index (χ1n) is 8.44. The zero-order chi connectivity index (χ0) is 20.3. The van der Waals surface area contributed by atoms with Crippen molar-refractivity contribution in [3.63, 3.8) is 0 Å². The molecule has 0 radical (unpaired) electrons. The average molecular weight is 411 g/mol. The normalized spacial score (nSPS) is 11.2. The monoisotopic (exact) mass is 410 g/mol. The quantitative estimate of drug-likeness (QED) is 0.398. The van der Waals surface area contributed by atoms with E-state index in [0.29, 0.717) is 32.8 Å². The van der Waals surface area contributed by atoms with Gasteiger partial charge >= 0.3 is 0 Å². The molecule has 0 unspecified atom stereocenters. The highest BCUT2D eigenvalue weighted by molar-refractivity contribution is 6.43. The molecule has 1 N–H and O–H groups in total. The molecule has 1 heterocycles. The standard InChI is InChI=1S/C22H16Cl2N2O2/c1-13-5-3-6-14(2)21(13)26-22(27)15(12-25)11-16-9-10-19(28-16)17-7-4-8-18(23)20(17)24/h3-11H,1-2H3,(H,26,27). The molecule has 0 saturated carbocycles. The Hall–Kier alpha value is -3.00. The van der Waals surface area contributed by atoms with Crippen LogP contribution in [0.25, 0.3) is 17.4 Å². The smallest absolute Gasteiger partial charge is 0.266 e. The van der Waals surface area contributed by atoms with Gasteiger partial charge in [-0.3, -0.25) is 4.79 Å². The third-order valence-electron chi connectivity index (χ3n) is 4.22. The summed E-state index contributed by atoms with van der Waals surface area (Å²) in [5.41, 5.74) is 3.09. The van der Waals surface area contributed by atoms with Crippen molar-refractivity contribution in [2.75, 3.05) is 5.32 Å². The second-order valence-corrected chi connectivity index (χ2v) is 6.98. The summed E-state index contributed by atoms with van der Waals surface area (Å²) >= 11 is 12.3. The van der Waals surface area contributed by atoms with E-state index in [0.717, 1.165) is 11.1 Å². The van der Waals surface area contributed by atoms with Crippen molar-refractivity contribution in [3.8, 4) is 17.4 Å². The molecule has 6 heteroatoms. The molecule has 0 spiro atoms. The SMILES string of the molecule is Cc1cccc(C)c1NC(=O)C(C#N)=Cc1ccc(-c2cccc(Cl)c2Cl)o1. The predicted octanol–water partition coefficient (Wildman–Crippen LogP) is 6.42. The van der Waals surface area contributed by atoms with Crippen molar-refractivity contribution in [1.82, 2.24) is 0 Å². The fourth-order valence-electron chi connectivity index (χ4n) is 2.75. The lowest BCUT2D eigenvalue weighted by Gasteiger charge is -2.10. The molecule has 1 aromatic heterocycles. The van der Waals surface area contributed by atoms with Crippen LogP contribution in [0.1, 0.15) is 16.9 Å². The van der Waals surface area contributed by atoms with Gasteiger partial charge < -0.3 is 9.73 Å². The van der Waals surface area contributed by atoms with Crippen LogP contribution in [0.4, 0.5) is 5.69 Å². The molecule has 0 aliphatic carbocycles. The average Bonchev–Trinajstić information content (AvgIpc) is 3.13. The maximum absolute atomic E-state index is 12.5. The van der Waals surface area contributed by atoms with Gasteiger partial charge in [-0.1, -0.05) is 47.5 Å². The molecular formula is C22H16Cl2N2O2. The molecule has 3 rings (SSSR count). The molecule has 2 aromatic carbocycles. The number of hydrogen-bond acceptors (Lipinski definition) is 3. The first-order chi connectivity index (χ1) is 13.4. The van der Waals surface area contributed by atoms with E-state index >= 15 is 0 Å². The molecule has 0 fully saturated rings. The third-order valence-corrected chi connectivity index (χ3v) is 5.03. The van der Waals surface area contributed by atoms with Gasteiger partial charge in [-0.05, 0) is 49.2 Å². The zero-order valence-electron chi connectivity index (χ0n) is 15.2. The van der Waals surface area contributed by atoms with Gasteiger partial charge in [0.2, 0.25) is 0 Å². The van der Waals surface area contributed by atoms with Crippen LogP contribution >= 0.6 is 23.2 Å². The maximum atomic E-state index is 12.5. The summed E-state index contributed by atoms with van der Waals surface area (Å²) in [7, 11) is 0. The van der Waals surface area contributed by atoms with Gasteiger partial charge in [-0.15, -0.1) is 0 Å². The lowest BCUT2D eigenvalue weighted by molar-refractivity contribution is -0.112. The first-order valence-corrected chi connectivity index (χ1v) is 9.20. The molecule has 0 aliphatic rings. The molecule has 140 valence electrons. The van der Waals surface area contributed by atoms with E-state index in [2.05, 4.69) is 5.32 Å². The molecule has 0 saturated heterocycles. The highest BCUT2D eigenvalue weighted by Crippen LogP contribution is 2.34. The van der Waals surface area contributed by atoms with Crippen LogP contribution in [0.15, 0.2) is 58.5 Å². The van der Waals surface area contributed by atoms with E-state index < -0.39 is 5.91 Å². The van der Waals surface area contributed by atoms with Crippen LogP contribution in [0.5, 0.6) is 0 Å². The van der Waals surface area contributed by atoms with Gasteiger partial charge in [0, 0.05) is 17.3 Å². The molecule has 3 aromatic rings. The molecule has 4 nitrogen and oxygen atoms in total. The number of rotatable bonds is 4. The second-order valence-electron chi connectivity index (χ2n) is 6.19. The van der Waals surface area contributed by atoms with Crippen LogP contribution in [0.3, 0.4) is 0 Å². The van der Waals surface area contributed by atoms with E-state index in [1.807, 2.05) is 38.1 Å². The topological polar surface area (TPSA) is 66.0 Å². The Morgan fingerprint density at radius 1 is 1.07 bits per heavy atom. The van der Waals surface area contributed by atoms with Gasteiger partial charge in [0.1, 0.15) is 23.2 Å². The highest BCUT2D eigenvalue weighted by atomic mass is 35.5. The van der Waals surface area contributed by atoms with E-state index in [1.54, 1.807) is 30.3 Å². The lowest BCUT2D eigenvalue weighted by atomic mass is 10.1. The number of carbonyl (C=O) groups excluding carboxylic acids is 1. The van der Waals surface area contributed by atoms with Crippen molar-refractivity contribution in [2.24, 2.45) is 0 Å². The minimum Gasteiger partial charge on any atom is -0.457 e. The van der Waals surface area contributed by atoms with Gasteiger partial charge in [0.15, 0.2) is 0 Å². The molecular weight excluding hydrogens is 395 g/mol. The molecule has 28 heavy (non-hydrogen) atoms. The minimum absolute atomic E-state index is 0.0688. The number of carbonyl (C=O) groups is 1. The van der Waals surface area contributed by atoms with Crippen molar-refractivity contribution in [2.45, 2.75) is 13.8 Å². The Morgan fingerprint density at radius 2 is 1.75 bits per heavy atom. The van der Waals surface area contributed by atoms with Crippen LogP contribution in [-0.2, 0) is 4.79 Å². The van der Waals surface area contributed by atoms with Crippen molar-refractivity contribution in [1.29, 1.82) is 5.26 Å². The second kappa shape index (κ2) is 8.35. The number of benzene rings is 2. The summed E-state index contributed by atoms with van der Waals surface area (Å²) in [4.78, 5) is 12.5. The van der Waals surface area contributed by atoms with Gasteiger partial charge in [-0.25, -0.2) is 0 Å². The van der Waals surface area contributed by atoms with E-state index in [1.165, 1.54) is 6.08 Å². The number of amides is 1. The minimum atomic E-state index is -0.501. The Morgan fingerprint density at radius 3 is 2.43 bits per heavy atom. The Balaban J connectivity index is 1.87. The number of nitrogens with one attached hydrogen (secondary N) is 1. The maximum Gasteiger partial charge on any atom is 0.266 e. The number of aryl methyl sites for hydroxylation is 2. The summed E-state index contributed by atoms with van der Waals surface area (Å²) in [5.74, 6) is 0.351. The Bertz CT molecular complexity index is 1100. The van der Waals surface area contributed by atoms with Crippen LogP contribution in [-0.4, -0.2) is 5.91 Å². The molecule has 0 aliphatic heterocycles. The third kappa shape index (κ3) is 4.12. The summed E-state index contributed by atoms with van der Waals surface area (Å²) in [6, 6.07) is 16.2. The van der Waals surface area contributed by atoms with E-state index in [-0.39, 0.29) is 5.57 Å². The fourth-order valence-corrected chi connectivity index (χ4v) is 3.15. The highest BCUT2D eigenvalue weighted by Gasteiger charge is 2.15. The largest absolute Gasteiger partial charge is 0.457 e. The number of hydrogen-bond donors (Lipinski definition) is 1. The summed E-state index contributed by atoms with van der Waals surface area (Å²) < 4.78 is 5.74. The number of anilines is 1. The number of furan rings is 1. The van der Waals surface area contributed by atoms with Crippen molar-refractivity contribution in [3.05, 3.63) is 81.0 Å². The lowest BCUT2D eigenvalue weighted by Crippen LogP contribution is -2.15. The number of nitriles is 1. The van der Waals surface area contributed by atoms with Crippen molar-refractivity contribution >= 4 is 40.9 Å². The fraction of sp³-hybridized carbons (Fsp3) is 0.0909. The Labute approximate surface area is 173 Å². The molecule has 0 bridgehead atoms. The number of nitrogens with zero attached hydrogens (tertiary/aromatic N) is 1. The van der Waals surface area contributed by atoms with Crippen LogP contribution in [0.2, 0.25) is 10.0 Å². The summed E-state index contributed by atoms with van der Waals surface area (Å²) in [5, 5.41) is 13.0. The van der Waals surface area contributed by atoms with Crippen LogP contribution in [0, 0.1) is 25.2 Å². The summed E-state index contributed by atoms with van der Waals surface area (Å²) in [6.07, 6.45) is 1.39. The van der Waals surface area contributed by atoms with Gasteiger partial charge in [0.25, 0.3) is 5.91 Å². The zero-order valence-corrected chi connectivity index (χ0v) is 16.7. The van der Waals surface area contributed by atoms with Gasteiger partial charge in [-0.2, -0.15) is 5.26 Å². The predicted molar refractivity (Wildman–Crippen MR) is 112 cm³/mol. The van der Waals surface area contributed by atoms with E-state index in [9.17, 15) is 10.1 Å². The molecule has 0 atom stereocenters. The summed E-state index contributed by atoms with van der Waals surface area (Å²) in [6.45, 7) is 3.79. The van der Waals surface area contributed by atoms with Crippen molar-refractivity contribution < 1.29 is 9.21 Å². The first kappa shape index (κ1) is 19.8. The number of para-hydroxylation sites is 1. The van der Waals surface area contributed by atoms with E-state index in [4.69, 9.17) is 27.6 Å². The molecule has 1 amide bonds. The van der Waals surface area contributed by atoms with Gasteiger partial charge in [0.05, 0.1) is 10.0 Å². The van der Waals surface area contributed by atoms with Crippen LogP contribution < -0.4 is 5.32 Å². The Kier molecular flexibility index (Phi) is 5.89. The number of halogens is 2.